The van der Waals surface area contributed by atoms with Crippen molar-refractivity contribution in [3.63, 3.8) is 0 Å². The molecule has 1 aromatic carbocycles. The van der Waals surface area contributed by atoms with Gasteiger partial charge < -0.3 is 20.5 Å². The Balaban J connectivity index is 1.51. The van der Waals surface area contributed by atoms with Crippen LogP contribution in [0.5, 0.6) is 0 Å². The minimum Gasteiger partial charge on any atom is -0.394 e. The first-order valence-corrected chi connectivity index (χ1v) is 9.16. The molecule has 0 radical (unpaired) electrons. The van der Waals surface area contributed by atoms with Gasteiger partial charge in [0.15, 0.2) is 0 Å². The van der Waals surface area contributed by atoms with Crippen molar-refractivity contribution in [1.82, 2.24) is 10.6 Å². The lowest BCUT2D eigenvalue weighted by Crippen LogP contribution is -2.49. The van der Waals surface area contributed by atoms with Gasteiger partial charge in [-0.25, -0.2) is 0 Å². The van der Waals surface area contributed by atoms with Crippen LogP contribution in [0, 0.1) is 5.92 Å². The maximum absolute atomic E-state index is 12.3. The largest absolute Gasteiger partial charge is 0.394 e. The van der Waals surface area contributed by atoms with Gasteiger partial charge in [0.1, 0.15) is 6.10 Å². The molecule has 3 N–H and O–H groups in total. The van der Waals surface area contributed by atoms with Crippen molar-refractivity contribution in [2.75, 3.05) is 6.61 Å². The molecule has 0 unspecified atom stereocenters. The van der Waals surface area contributed by atoms with Gasteiger partial charge >= 0.3 is 0 Å². The lowest BCUT2D eigenvalue weighted by molar-refractivity contribution is -0.129. The predicted octanol–water partition coefficient (Wildman–Crippen LogP) is 1.46. The van der Waals surface area contributed by atoms with Gasteiger partial charge in [-0.15, -0.1) is 0 Å². The summed E-state index contributed by atoms with van der Waals surface area (Å²) < 4.78 is 5.79. The molecule has 4 atom stereocenters. The fourth-order valence-corrected chi connectivity index (χ4v) is 3.07. The molecule has 1 heterocycles. The molecule has 6 nitrogen and oxygen atoms in total. The highest BCUT2D eigenvalue weighted by Gasteiger charge is 2.34. The molecule has 1 aromatic rings. The first-order chi connectivity index (χ1) is 12.6. The van der Waals surface area contributed by atoms with Crippen LogP contribution in [0.15, 0.2) is 42.5 Å². The third-order valence-electron chi connectivity index (χ3n) is 4.78. The highest BCUT2D eigenvalue weighted by atomic mass is 16.5. The molecule has 0 saturated heterocycles. The SMILES string of the molecule is C[C@@H](NC(=O)C[C@H]1C=C[C@H](NC(=O)C2CC2)[C@@H](CO)O1)c1ccccc1. The number of carbonyl (C=O) groups excluding carboxylic acids is 2. The molecule has 0 bridgehead atoms. The predicted molar refractivity (Wildman–Crippen MR) is 97.2 cm³/mol. The maximum atomic E-state index is 12.3. The zero-order chi connectivity index (χ0) is 18.5. The first-order valence-electron chi connectivity index (χ1n) is 9.16. The summed E-state index contributed by atoms with van der Waals surface area (Å²) in [6, 6.07) is 9.31. The minimum atomic E-state index is -0.535. The van der Waals surface area contributed by atoms with Gasteiger partial charge in [-0.2, -0.15) is 0 Å². The molecule has 1 aliphatic heterocycles. The standard InChI is InChI=1S/C20H26N2O4/c1-13(14-5-3-2-4-6-14)21-19(24)11-16-9-10-17(18(12-23)26-16)22-20(25)15-7-8-15/h2-6,9-10,13,15-18,23H,7-8,11-12H2,1H3,(H,21,24)(H,22,25)/t13-,16-,17+,18-/m1/s1. The van der Waals surface area contributed by atoms with Crippen molar-refractivity contribution in [3.8, 4) is 0 Å². The fraction of sp³-hybridized carbons (Fsp3) is 0.500. The van der Waals surface area contributed by atoms with Gasteiger partial charge in [0, 0.05) is 5.92 Å². The van der Waals surface area contributed by atoms with Crippen LogP contribution < -0.4 is 10.6 Å². The molecule has 1 saturated carbocycles. The number of benzene rings is 1. The van der Waals surface area contributed by atoms with E-state index in [2.05, 4.69) is 10.6 Å². The van der Waals surface area contributed by atoms with E-state index in [9.17, 15) is 14.7 Å². The van der Waals surface area contributed by atoms with Crippen molar-refractivity contribution in [1.29, 1.82) is 0 Å². The van der Waals surface area contributed by atoms with Crippen LogP contribution in [0.25, 0.3) is 0 Å². The Hall–Kier alpha value is -2.18. The zero-order valence-corrected chi connectivity index (χ0v) is 14.9. The van der Waals surface area contributed by atoms with Gasteiger partial charge in [-0.3, -0.25) is 9.59 Å². The highest BCUT2D eigenvalue weighted by Crippen LogP contribution is 2.29. The summed E-state index contributed by atoms with van der Waals surface area (Å²) in [5.74, 6) is -0.00606. The number of amides is 2. The number of carbonyl (C=O) groups is 2. The average molecular weight is 358 g/mol. The first kappa shape index (κ1) is 18.6. The molecule has 1 fully saturated rings. The molecule has 140 valence electrons. The van der Waals surface area contributed by atoms with E-state index in [1.165, 1.54) is 0 Å². The maximum Gasteiger partial charge on any atom is 0.223 e. The van der Waals surface area contributed by atoms with Gasteiger partial charge in [0.05, 0.1) is 31.2 Å². The molecule has 6 heteroatoms. The van der Waals surface area contributed by atoms with Gasteiger partial charge in [0.2, 0.25) is 11.8 Å². The molecule has 3 rings (SSSR count). The summed E-state index contributed by atoms with van der Waals surface area (Å²) >= 11 is 0. The second-order valence-electron chi connectivity index (χ2n) is 6.99. The Bertz CT molecular complexity index is 657. The molecule has 1 aliphatic carbocycles. The summed E-state index contributed by atoms with van der Waals surface area (Å²) in [6.45, 7) is 1.73. The number of ether oxygens (including phenoxy) is 1. The lowest BCUT2D eigenvalue weighted by Gasteiger charge is -2.32. The molecule has 26 heavy (non-hydrogen) atoms. The van der Waals surface area contributed by atoms with Crippen LogP contribution in [0.2, 0.25) is 0 Å². The Labute approximate surface area is 153 Å². The van der Waals surface area contributed by atoms with Crippen LogP contribution in [0.4, 0.5) is 0 Å². The number of aliphatic hydroxyl groups is 1. The summed E-state index contributed by atoms with van der Waals surface area (Å²) in [5, 5.41) is 15.4. The average Bonchev–Trinajstić information content (AvgIpc) is 3.48. The van der Waals surface area contributed by atoms with E-state index in [0.717, 1.165) is 18.4 Å². The van der Waals surface area contributed by atoms with Crippen molar-refractivity contribution in [2.45, 2.75) is 50.5 Å². The molecule has 2 amide bonds. The van der Waals surface area contributed by atoms with Gasteiger partial charge in [0.25, 0.3) is 0 Å². The number of aliphatic hydroxyl groups excluding tert-OH is 1. The smallest absolute Gasteiger partial charge is 0.223 e. The zero-order valence-electron chi connectivity index (χ0n) is 14.9. The van der Waals surface area contributed by atoms with Crippen molar-refractivity contribution in [2.24, 2.45) is 5.92 Å². The van der Waals surface area contributed by atoms with E-state index >= 15 is 0 Å². The quantitative estimate of drug-likeness (QED) is 0.644. The molecule has 0 aromatic heterocycles. The molecule has 2 aliphatic rings. The monoisotopic (exact) mass is 358 g/mol. The summed E-state index contributed by atoms with van der Waals surface area (Å²) in [7, 11) is 0. The topological polar surface area (TPSA) is 87.7 Å². The number of rotatable bonds is 7. The minimum absolute atomic E-state index is 0.00887. The second kappa shape index (κ2) is 8.47. The Kier molecular flexibility index (Phi) is 6.06. The van der Waals surface area contributed by atoms with Crippen LogP contribution >= 0.6 is 0 Å². The van der Waals surface area contributed by atoms with Crippen molar-refractivity contribution in [3.05, 3.63) is 48.0 Å². The van der Waals surface area contributed by atoms with Crippen LogP contribution in [0.3, 0.4) is 0 Å². The van der Waals surface area contributed by atoms with Crippen LogP contribution in [-0.4, -0.2) is 41.8 Å². The fourth-order valence-electron chi connectivity index (χ4n) is 3.07. The third-order valence-corrected chi connectivity index (χ3v) is 4.78. The van der Waals surface area contributed by atoms with E-state index in [0.29, 0.717) is 0 Å². The van der Waals surface area contributed by atoms with E-state index < -0.39 is 12.2 Å². The second-order valence-corrected chi connectivity index (χ2v) is 6.99. The summed E-state index contributed by atoms with van der Waals surface area (Å²) in [5.41, 5.74) is 1.04. The van der Waals surface area contributed by atoms with E-state index in [4.69, 9.17) is 4.74 Å². The number of nitrogens with one attached hydrogen (secondary N) is 2. The molecular formula is C20H26N2O4. The number of hydrogen-bond acceptors (Lipinski definition) is 4. The van der Waals surface area contributed by atoms with Crippen LogP contribution in [0.1, 0.15) is 37.8 Å². The number of hydrogen-bond donors (Lipinski definition) is 3. The lowest BCUT2D eigenvalue weighted by atomic mass is 10.0. The summed E-state index contributed by atoms with van der Waals surface area (Å²) in [6.07, 6.45) is 4.69. The normalized spacial score (nSPS) is 26.2. The third kappa shape index (κ3) is 4.93. The van der Waals surface area contributed by atoms with E-state index in [1.807, 2.05) is 43.3 Å². The van der Waals surface area contributed by atoms with Crippen LogP contribution in [-0.2, 0) is 14.3 Å². The van der Waals surface area contributed by atoms with Gasteiger partial charge in [-0.05, 0) is 25.3 Å². The van der Waals surface area contributed by atoms with Crippen molar-refractivity contribution >= 4 is 11.8 Å². The molecule has 0 spiro atoms. The molecular weight excluding hydrogens is 332 g/mol. The van der Waals surface area contributed by atoms with E-state index in [-0.39, 0.29) is 42.8 Å². The van der Waals surface area contributed by atoms with Gasteiger partial charge in [-0.1, -0.05) is 42.5 Å². The Morgan fingerprint density at radius 2 is 1.96 bits per heavy atom. The highest BCUT2D eigenvalue weighted by molar-refractivity contribution is 5.81. The Morgan fingerprint density at radius 3 is 2.62 bits per heavy atom. The Morgan fingerprint density at radius 1 is 1.23 bits per heavy atom. The van der Waals surface area contributed by atoms with Crippen molar-refractivity contribution < 1.29 is 19.4 Å². The van der Waals surface area contributed by atoms with E-state index in [1.54, 1.807) is 6.08 Å². The summed E-state index contributed by atoms with van der Waals surface area (Å²) in [4.78, 5) is 24.2.